The van der Waals surface area contributed by atoms with E-state index in [1.54, 1.807) is 29.2 Å². The molecule has 0 saturated carbocycles. The van der Waals surface area contributed by atoms with Crippen molar-refractivity contribution >= 4 is 16.8 Å². The lowest BCUT2D eigenvalue weighted by molar-refractivity contribution is -0.134. The first-order valence-corrected chi connectivity index (χ1v) is 8.85. The highest BCUT2D eigenvalue weighted by Gasteiger charge is 2.23. The van der Waals surface area contributed by atoms with Gasteiger partial charge in [0.15, 0.2) is 5.76 Å². The average molecular weight is 368 g/mol. The molecule has 27 heavy (non-hydrogen) atoms. The minimum absolute atomic E-state index is 0.0992. The van der Waals surface area contributed by atoms with Gasteiger partial charge in [-0.05, 0) is 19.1 Å². The van der Waals surface area contributed by atoms with E-state index in [0.29, 0.717) is 30.5 Å². The number of rotatable bonds is 4. The van der Waals surface area contributed by atoms with Crippen LogP contribution in [0, 0.1) is 6.92 Å². The molecule has 0 N–H and O–H groups in total. The van der Waals surface area contributed by atoms with Crippen molar-refractivity contribution < 1.29 is 9.32 Å². The number of fused-ring (bicyclic) bond motifs is 1. The number of hydrogen-bond donors (Lipinski definition) is 0. The summed E-state index contributed by atoms with van der Waals surface area (Å²) < 4.78 is 6.38. The second-order valence-electron chi connectivity index (χ2n) is 6.66. The summed E-state index contributed by atoms with van der Waals surface area (Å²) in [4.78, 5) is 29.0. The second kappa shape index (κ2) is 7.28. The highest BCUT2D eigenvalue weighted by atomic mass is 16.5. The van der Waals surface area contributed by atoms with E-state index in [4.69, 9.17) is 4.52 Å². The van der Waals surface area contributed by atoms with Gasteiger partial charge in [-0.1, -0.05) is 22.5 Å². The zero-order chi connectivity index (χ0) is 18.8. The standard InChI is InChI=1S/C18H20N6O3/c1-13-10-14(27-20-13)11-22-6-8-23(9-7-22)17(25)12-24-18(26)15-4-2-3-5-16(15)19-21-24/h2-5,10H,6-9,11-12H2,1H3. The summed E-state index contributed by atoms with van der Waals surface area (Å²) in [6.07, 6.45) is 0. The molecule has 0 unspecified atom stereocenters. The predicted octanol–water partition coefficient (Wildman–Crippen LogP) is 0.432. The van der Waals surface area contributed by atoms with Gasteiger partial charge < -0.3 is 9.42 Å². The Balaban J connectivity index is 1.37. The normalized spacial score (nSPS) is 15.4. The monoisotopic (exact) mass is 368 g/mol. The maximum Gasteiger partial charge on any atom is 0.278 e. The van der Waals surface area contributed by atoms with Crippen LogP contribution in [0.1, 0.15) is 11.5 Å². The molecule has 1 aromatic carbocycles. The highest BCUT2D eigenvalue weighted by Crippen LogP contribution is 2.10. The Morgan fingerprint density at radius 2 is 1.96 bits per heavy atom. The summed E-state index contributed by atoms with van der Waals surface area (Å²) in [5.41, 5.74) is 1.09. The second-order valence-corrected chi connectivity index (χ2v) is 6.66. The molecule has 9 heteroatoms. The van der Waals surface area contributed by atoms with Gasteiger partial charge in [0.05, 0.1) is 17.6 Å². The van der Waals surface area contributed by atoms with Gasteiger partial charge in [-0.2, -0.15) is 0 Å². The number of piperazine rings is 1. The largest absolute Gasteiger partial charge is 0.360 e. The zero-order valence-electron chi connectivity index (χ0n) is 15.0. The highest BCUT2D eigenvalue weighted by molar-refractivity contribution is 5.78. The topological polar surface area (TPSA) is 97.4 Å². The summed E-state index contributed by atoms with van der Waals surface area (Å²) in [5, 5.41) is 12.3. The van der Waals surface area contributed by atoms with E-state index in [9.17, 15) is 9.59 Å². The number of aryl methyl sites for hydroxylation is 1. The fourth-order valence-corrected chi connectivity index (χ4v) is 3.22. The summed E-state index contributed by atoms with van der Waals surface area (Å²) >= 11 is 0. The lowest BCUT2D eigenvalue weighted by Gasteiger charge is -2.34. The summed E-state index contributed by atoms with van der Waals surface area (Å²) in [6, 6.07) is 8.91. The van der Waals surface area contributed by atoms with Crippen LogP contribution in [0.4, 0.5) is 0 Å². The van der Waals surface area contributed by atoms with Crippen LogP contribution in [0.2, 0.25) is 0 Å². The van der Waals surface area contributed by atoms with Crippen LogP contribution < -0.4 is 5.56 Å². The van der Waals surface area contributed by atoms with Crippen molar-refractivity contribution in [1.82, 2.24) is 30.0 Å². The molecule has 3 aromatic rings. The third kappa shape index (κ3) is 3.72. The molecule has 1 amide bonds. The first kappa shape index (κ1) is 17.3. The van der Waals surface area contributed by atoms with Gasteiger partial charge in [-0.15, -0.1) is 5.10 Å². The Morgan fingerprint density at radius 3 is 2.70 bits per heavy atom. The lowest BCUT2D eigenvalue weighted by atomic mass is 10.2. The number of amides is 1. The third-order valence-electron chi connectivity index (χ3n) is 4.70. The lowest BCUT2D eigenvalue weighted by Crippen LogP contribution is -2.49. The molecule has 4 rings (SSSR count). The third-order valence-corrected chi connectivity index (χ3v) is 4.70. The smallest absolute Gasteiger partial charge is 0.278 e. The Bertz CT molecular complexity index is 1020. The van der Waals surface area contributed by atoms with Gasteiger partial charge in [0.1, 0.15) is 12.1 Å². The number of aromatic nitrogens is 4. The van der Waals surface area contributed by atoms with Gasteiger partial charge in [-0.25, -0.2) is 4.68 Å². The van der Waals surface area contributed by atoms with Gasteiger partial charge in [0.2, 0.25) is 5.91 Å². The molecule has 1 aliphatic heterocycles. The molecule has 3 heterocycles. The molecular formula is C18H20N6O3. The van der Waals surface area contributed by atoms with Crippen LogP contribution in [-0.4, -0.2) is 62.0 Å². The van der Waals surface area contributed by atoms with Crippen molar-refractivity contribution in [2.24, 2.45) is 0 Å². The molecule has 1 fully saturated rings. The molecule has 140 valence electrons. The van der Waals surface area contributed by atoms with E-state index in [1.165, 1.54) is 0 Å². The van der Waals surface area contributed by atoms with E-state index < -0.39 is 0 Å². The quantitative estimate of drug-likeness (QED) is 0.659. The Labute approximate surface area is 155 Å². The van der Waals surface area contributed by atoms with E-state index >= 15 is 0 Å². The minimum atomic E-state index is -0.298. The van der Waals surface area contributed by atoms with E-state index in [1.807, 2.05) is 13.0 Å². The Hall–Kier alpha value is -3.07. The molecular weight excluding hydrogens is 348 g/mol. The van der Waals surface area contributed by atoms with Crippen LogP contribution in [0.15, 0.2) is 39.6 Å². The van der Waals surface area contributed by atoms with Crippen molar-refractivity contribution in [3.63, 3.8) is 0 Å². The fourth-order valence-electron chi connectivity index (χ4n) is 3.22. The van der Waals surface area contributed by atoms with E-state index in [0.717, 1.165) is 29.2 Å². The molecule has 0 radical (unpaired) electrons. The summed E-state index contributed by atoms with van der Waals surface area (Å²) in [7, 11) is 0. The van der Waals surface area contributed by atoms with Gasteiger partial charge in [-0.3, -0.25) is 14.5 Å². The Kier molecular flexibility index (Phi) is 4.68. The zero-order valence-corrected chi connectivity index (χ0v) is 15.0. The van der Waals surface area contributed by atoms with Crippen molar-refractivity contribution in [3.05, 3.63) is 52.1 Å². The number of benzene rings is 1. The van der Waals surface area contributed by atoms with E-state index in [-0.39, 0.29) is 18.0 Å². The SMILES string of the molecule is Cc1cc(CN2CCN(C(=O)Cn3nnc4ccccc4c3=O)CC2)on1. The molecule has 2 aromatic heterocycles. The number of nitrogens with zero attached hydrogens (tertiary/aromatic N) is 6. The average Bonchev–Trinajstić information content (AvgIpc) is 3.09. The minimum Gasteiger partial charge on any atom is -0.360 e. The number of hydrogen-bond acceptors (Lipinski definition) is 7. The van der Waals surface area contributed by atoms with Gasteiger partial charge >= 0.3 is 0 Å². The van der Waals surface area contributed by atoms with Crippen LogP contribution >= 0.6 is 0 Å². The maximum atomic E-state index is 12.6. The van der Waals surface area contributed by atoms with Crippen LogP contribution in [0.3, 0.4) is 0 Å². The van der Waals surface area contributed by atoms with Crippen LogP contribution in [-0.2, 0) is 17.9 Å². The summed E-state index contributed by atoms with van der Waals surface area (Å²) in [5.74, 6) is 0.696. The summed E-state index contributed by atoms with van der Waals surface area (Å²) in [6.45, 7) is 5.15. The molecule has 0 bridgehead atoms. The van der Waals surface area contributed by atoms with Crippen LogP contribution in [0.5, 0.6) is 0 Å². The molecule has 0 atom stereocenters. The molecule has 9 nitrogen and oxygen atoms in total. The first-order valence-electron chi connectivity index (χ1n) is 8.85. The first-order chi connectivity index (χ1) is 13.1. The molecule has 1 aliphatic rings. The maximum absolute atomic E-state index is 12.6. The molecule has 0 spiro atoms. The predicted molar refractivity (Wildman–Crippen MR) is 96.9 cm³/mol. The van der Waals surface area contributed by atoms with E-state index in [2.05, 4.69) is 20.4 Å². The van der Waals surface area contributed by atoms with Crippen LogP contribution in [0.25, 0.3) is 10.9 Å². The molecule has 1 saturated heterocycles. The molecule has 0 aliphatic carbocycles. The number of carbonyl (C=O) groups excluding carboxylic acids is 1. The van der Waals surface area contributed by atoms with Gasteiger partial charge in [0.25, 0.3) is 5.56 Å². The van der Waals surface area contributed by atoms with Crippen molar-refractivity contribution in [1.29, 1.82) is 0 Å². The number of carbonyl (C=O) groups is 1. The van der Waals surface area contributed by atoms with Crippen molar-refractivity contribution in [3.8, 4) is 0 Å². The van der Waals surface area contributed by atoms with Gasteiger partial charge in [0, 0.05) is 32.2 Å². The fraction of sp³-hybridized carbons (Fsp3) is 0.389. The van der Waals surface area contributed by atoms with Crippen molar-refractivity contribution in [2.75, 3.05) is 26.2 Å². The Morgan fingerprint density at radius 1 is 1.19 bits per heavy atom. The van der Waals surface area contributed by atoms with Crippen molar-refractivity contribution in [2.45, 2.75) is 20.0 Å².